The van der Waals surface area contributed by atoms with Gasteiger partial charge in [-0.15, -0.1) is 0 Å². The monoisotopic (exact) mass is 446 g/mol. The lowest BCUT2D eigenvalue weighted by Gasteiger charge is -2.59. The van der Waals surface area contributed by atoms with E-state index in [1.165, 1.54) is 6.42 Å². The highest BCUT2D eigenvalue weighted by molar-refractivity contribution is 7.94. The Labute approximate surface area is 175 Å². The fourth-order valence-corrected chi connectivity index (χ4v) is 9.56. The van der Waals surface area contributed by atoms with Gasteiger partial charge in [-0.25, -0.2) is 8.42 Å². The smallest absolute Gasteiger partial charge is 0.428 e. The molecule has 0 radical (unpaired) electrons. The summed E-state index contributed by atoms with van der Waals surface area (Å²) in [5.41, 5.74) is -3.42. The van der Waals surface area contributed by atoms with Gasteiger partial charge in [-0.05, 0) is 81.5 Å². The summed E-state index contributed by atoms with van der Waals surface area (Å²) in [4.78, 5) is 13.4. The predicted octanol–water partition coefficient (Wildman–Crippen LogP) is 4.65. The van der Waals surface area contributed by atoms with E-state index in [1.807, 2.05) is 6.92 Å². The summed E-state index contributed by atoms with van der Waals surface area (Å²) in [6, 6.07) is 0. The van der Waals surface area contributed by atoms with Gasteiger partial charge in [0, 0.05) is 17.7 Å². The van der Waals surface area contributed by atoms with Gasteiger partial charge in [0.2, 0.25) is 5.60 Å². The number of fused-ring (bicyclic) bond motifs is 2. The molecule has 0 heterocycles. The first-order chi connectivity index (χ1) is 13.9. The molecule has 0 spiro atoms. The molecule has 0 aromatic carbocycles. The highest BCUT2D eigenvalue weighted by Crippen LogP contribution is 2.65. The van der Waals surface area contributed by atoms with Crippen molar-refractivity contribution in [2.75, 3.05) is 0 Å². The second-order valence-corrected chi connectivity index (χ2v) is 12.9. The van der Waals surface area contributed by atoms with Crippen molar-refractivity contribution in [1.82, 2.24) is 0 Å². The third-order valence-electron chi connectivity index (χ3n) is 9.54. The van der Waals surface area contributed by atoms with Gasteiger partial charge in [0.05, 0.1) is 10.7 Å². The molecule has 4 atom stereocenters. The summed E-state index contributed by atoms with van der Waals surface area (Å²) in [6.45, 7) is 5.13. The molecule has 6 saturated carbocycles. The van der Waals surface area contributed by atoms with E-state index in [1.54, 1.807) is 0 Å². The van der Waals surface area contributed by atoms with E-state index in [2.05, 4.69) is 6.58 Å². The molecule has 4 nitrogen and oxygen atoms in total. The van der Waals surface area contributed by atoms with Gasteiger partial charge >= 0.3 is 12.1 Å². The van der Waals surface area contributed by atoms with Crippen LogP contribution in [-0.4, -0.2) is 31.4 Å². The number of esters is 1. The zero-order chi connectivity index (χ0) is 21.7. The maximum atomic E-state index is 14.3. The molecule has 8 heteroatoms. The molecule has 0 aromatic rings. The van der Waals surface area contributed by atoms with Crippen molar-refractivity contribution in [3.05, 3.63) is 12.0 Å². The summed E-state index contributed by atoms with van der Waals surface area (Å²) < 4.78 is 73.0. The Hall–Kier alpha value is -1.05. The predicted molar refractivity (Wildman–Crippen MR) is 104 cm³/mol. The van der Waals surface area contributed by atoms with Crippen LogP contribution in [0.15, 0.2) is 12.0 Å². The summed E-state index contributed by atoms with van der Waals surface area (Å²) in [7, 11) is -3.64. The van der Waals surface area contributed by atoms with Gasteiger partial charge in [-0.2, -0.15) is 13.2 Å². The topological polar surface area (TPSA) is 60.4 Å². The minimum atomic E-state index is -4.72. The van der Waals surface area contributed by atoms with Crippen LogP contribution in [0.4, 0.5) is 13.2 Å². The molecular formula is C22H29F3O4S. The van der Waals surface area contributed by atoms with E-state index in [4.69, 9.17) is 4.74 Å². The molecule has 6 aliphatic rings. The Morgan fingerprint density at radius 3 is 2.00 bits per heavy atom. The van der Waals surface area contributed by atoms with Gasteiger partial charge in [0.25, 0.3) is 0 Å². The Kier molecular flexibility index (Phi) is 4.35. The highest BCUT2D eigenvalue weighted by atomic mass is 32.2. The van der Waals surface area contributed by atoms with E-state index in [9.17, 15) is 26.4 Å². The Balaban J connectivity index is 1.43. The second kappa shape index (κ2) is 6.26. The SMILES string of the molecule is C=CS(=O)(=O)C1CC2CC1CC2(OC(=O)C1(C)C2CC3CC(C2)CC1C3)C(F)(F)F. The van der Waals surface area contributed by atoms with E-state index < -0.39 is 56.5 Å². The molecule has 30 heavy (non-hydrogen) atoms. The molecule has 6 fully saturated rings. The molecule has 6 bridgehead atoms. The minimum absolute atomic E-state index is 0.0963. The van der Waals surface area contributed by atoms with E-state index in [-0.39, 0.29) is 24.7 Å². The molecule has 6 aliphatic carbocycles. The third-order valence-corrected chi connectivity index (χ3v) is 11.4. The van der Waals surface area contributed by atoms with Crippen molar-refractivity contribution in [1.29, 1.82) is 0 Å². The number of hydrogen-bond acceptors (Lipinski definition) is 4. The zero-order valence-electron chi connectivity index (χ0n) is 17.2. The van der Waals surface area contributed by atoms with Gasteiger partial charge in [-0.3, -0.25) is 4.79 Å². The lowest BCUT2D eigenvalue weighted by molar-refractivity contribution is -0.293. The highest BCUT2D eigenvalue weighted by Gasteiger charge is 2.72. The normalized spacial score (nSPS) is 49.4. The van der Waals surface area contributed by atoms with Crippen molar-refractivity contribution < 1.29 is 31.1 Å². The lowest BCUT2D eigenvalue weighted by Crippen LogP contribution is -2.60. The second-order valence-electron chi connectivity index (χ2n) is 10.8. The summed E-state index contributed by atoms with van der Waals surface area (Å²) in [6.07, 6.45) is -0.362. The maximum Gasteiger partial charge on any atom is 0.428 e. The fourth-order valence-electron chi connectivity index (χ4n) is 8.07. The molecule has 0 saturated heterocycles. The molecule has 0 amide bonds. The van der Waals surface area contributed by atoms with Crippen LogP contribution in [0.1, 0.15) is 58.3 Å². The van der Waals surface area contributed by atoms with Crippen LogP contribution in [0.25, 0.3) is 0 Å². The van der Waals surface area contributed by atoms with Gasteiger partial charge in [0.15, 0.2) is 9.84 Å². The molecule has 4 unspecified atom stereocenters. The van der Waals surface area contributed by atoms with Crippen LogP contribution in [-0.2, 0) is 19.4 Å². The van der Waals surface area contributed by atoms with Crippen LogP contribution < -0.4 is 0 Å². The van der Waals surface area contributed by atoms with Crippen molar-refractivity contribution in [3.63, 3.8) is 0 Å². The molecule has 168 valence electrons. The number of carbonyl (C=O) groups excluding carboxylic acids is 1. The number of alkyl halides is 3. The molecular weight excluding hydrogens is 417 g/mol. The first-order valence-corrected chi connectivity index (χ1v) is 12.7. The average molecular weight is 447 g/mol. The summed E-state index contributed by atoms with van der Waals surface area (Å²) in [5.74, 6) is -0.984. The van der Waals surface area contributed by atoms with E-state index >= 15 is 0 Å². The first kappa shape index (κ1) is 20.8. The van der Waals surface area contributed by atoms with Gasteiger partial charge in [0.1, 0.15) is 0 Å². The molecule has 0 aromatic heterocycles. The zero-order valence-corrected chi connectivity index (χ0v) is 18.0. The van der Waals surface area contributed by atoms with E-state index in [0.717, 1.165) is 31.1 Å². The summed E-state index contributed by atoms with van der Waals surface area (Å²) in [5, 5.41) is -0.0131. The van der Waals surface area contributed by atoms with Crippen molar-refractivity contribution in [2.24, 2.45) is 40.9 Å². The van der Waals surface area contributed by atoms with Gasteiger partial charge in [-0.1, -0.05) is 6.58 Å². The third kappa shape index (κ3) is 2.64. The Morgan fingerprint density at radius 1 is 1.00 bits per heavy atom. The van der Waals surface area contributed by atoms with Crippen molar-refractivity contribution in [2.45, 2.75) is 75.3 Å². The molecule has 0 N–H and O–H groups in total. The number of rotatable bonds is 4. The van der Waals surface area contributed by atoms with E-state index in [0.29, 0.717) is 11.8 Å². The molecule has 6 rings (SSSR count). The number of carbonyl (C=O) groups is 1. The van der Waals surface area contributed by atoms with Gasteiger partial charge < -0.3 is 4.74 Å². The number of sulfone groups is 1. The van der Waals surface area contributed by atoms with Crippen LogP contribution in [0.5, 0.6) is 0 Å². The lowest BCUT2D eigenvalue weighted by atomic mass is 9.46. The largest absolute Gasteiger partial charge is 0.449 e. The van der Waals surface area contributed by atoms with Crippen molar-refractivity contribution in [3.8, 4) is 0 Å². The Morgan fingerprint density at radius 2 is 1.57 bits per heavy atom. The van der Waals surface area contributed by atoms with Crippen LogP contribution in [0.2, 0.25) is 0 Å². The standard InChI is InChI=1S/C22H29F3O4S/c1-3-30(27,28)18-10-17-9-14(18)11-21(17,22(23,24)25)29-19(26)20(2)15-5-12-4-13(7-15)8-16(20)6-12/h3,12-18H,1,4-11H2,2H3. The van der Waals surface area contributed by atoms with Crippen LogP contribution >= 0.6 is 0 Å². The van der Waals surface area contributed by atoms with Crippen LogP contribution in [0, 0.1) is 40.9 Å². The fraction of sp³-hybridized carbons (Fsp3) is 0.864. The maximum absolute atomic E-state index is 14.3. The Bertz CT molecular complexity index is 851. The molecule has 0 aliphatic heterocycles. The number of halogens is 3. The van der Waals surface area contributed by atoms with Crippen LogP contribution in [0.3, 0.4) is 0 Å². The van der Waals surface area contributed by atoms with Crippen molar-refractivity contribution >= 4 is 15.8 Å². The number of ether oxygens (including phenoxy) is 1. The quantitative estimate of drug-likeness (QED) is 0.590. The average Bonchev–Trinajstić information content (AvgIpc) is 3.24. The summed E-state index contributed by atoms with van der Waals surface area (Å²) >= 11 is 0. The minimum Gasteiger partial charge on any atom is -0.449 e. The number of hydrogen-bond donors (Lipinski definition) is 0. The first-order valence-electron chi connectivity index (χ1n) is 11.1.